The van der Waals surface area contributed by atoms with Gasteiger partial charge in [0.1, 0.15) is 16.7 Å². The van der Waals surface area contributed by atoms with Crippen molar-refractivity contribution in [2.45, 2.75) is 18.8 Å². The molecule has 2 heterocycles. The number of hydrogen-bond donors (Lipinski definition) is 1. The number of nitrogens with one attached hydrogen (secondary N) is 1. The van der Waals surface area contributed by atoms with Gasteiger partial charge in [0.2, 0.25) is 0 Å². The van der Waals surface area contributed by atoms with Crippen LogP contribution < -0.4 is 5.32 Å². The Bertz CT molecular complexity index is 574. The molecule has 1 saturated heterocycles. The number of methoxy groups -OCH3 is 1. The van der Waals surface area contributed by atoms with E-state index < -0.39 is 5.97 Å². The molecule has 0 aromatic carbocycles. The summed E-state index contributed by atoms with van der Waals surface area (Å²) in [6, 6.07) is 0. The van der Waals surface area contributed by atoms with Gasteiger partial charge in [-0.25, -0.2) is 14.8 Å². The van der Waals surface area contributed by atoms with E-state index in [1.165, 1.54) is 7.11 Å². The van der Waals surface area contributed by atoms with Crippen LogP contribution in [0.5, 0.6) is 0 Å². The molecule has 23 heavy (non-hydrogen) atoms. The van der Waals surface area contributed by atoms with Crippen LogP contribution in [0.15, 0.2) is 0 Å². The molecule has 1 aromatic rings. The van der Waals surface area contributed by atoms with Crippen LogP contribution in [-0.2, 0) is 9.47 Å². The lowest BCUT2D eigenvalue weighted by Crippen LogP contribution is -2.39. The molecule has 0 bridgehead atoms. The fourth-order valence-electron chi connectivity index (χ4n) is 2.49. The zero-order valence-corrected chi connectivity index (χ0v) is 13.9. The number of halogens is 1. The van der Waals surface area contributed by atoms with Crippen molar-refractivity contribution < 1.29 is 14.3 Å². The number of carbonyl (C=O) groups is 1. The van der Waals surface area contributed by atoms with Crippen molar-refractivity contribution in [1.82, 2.24) is 14.9 Å². The van der Waals surface area contributed by atoms with Gasteiger partial charge >= 0.3 is 5.97 Å². The van der Waals surface area contributed by atoms with E-state index >= 15 is 0 Å². The Morgan fingerprint density at radius 2 is 2.13 bits per heavy atom. The van der Waals surface area contributed by atoms with E-state index in [0.717, 1.165) is 45.7 Å². The van der Waals surface area contributed by atoms with Gasteiger partial charge in [0, 0.05) is 32.1 Å². The summed E-state index contributed by atoms with van der Waals surface area (Å²) in [4.78, 5) is 22.9. The molecule has 1 aromatic heterocycles. The second kappa shape index (κ2) is 7.42. The van der Waals surface area contributed by atoms with Crippen LogP contribution in [-0.4, -0.2) is 67.3 Å². The lowest BCUT2D eigenvalue weighted by Gasteiger charge is -2.26. The number of esters is 1. The Kier molecular flexibility index (Phi) is 5.30. The van der Waals surface area contributed by atoms with Crippen LogP contribution in [0.2, 0.25) is 5.02 Å². The number of ether oxygens (including phenoxy) is 2. The third-order valence-electron chi connectivity index (χ3n) is 4.01. The first-order chi connectivity index (χ1) is 11.2. The minimum atomic E-state index is -0.532. The van der Waals surface area contributed by atoms with Gasteiger partial charge in [-0.05, 0) is 12.8 Å². The molecule has 0 amide bonds. The molecular weight excluding hydrogens is 320 g/mol. The topological polar surface area (TPSA) is 76.6 Å². The van der Waals surface area contributed by atoms with Crippen LogP contribution in [0.1, 0.15) is 35.1 Å². The van der Waals surface area contributed by atoms with Crippen LogP contribution in [0.25, 0.3) is 0 Å². The summed E-state index contributed by atoms with van der Waals surface area (Å²) < 4.78 is 10.1. The maximum atomic E-state index is 11.9. The number of anilines is 1. The normalized spacial score (nSPS) is 18.7. The van der Waals surface area contributed by atoms with E-state index in [-0.39, 0.29) is 10.7 Å². The highest BCUT2D eigenvalue weighted by Gasteiger charge is 2.30. The number of rotatable bonds is 6. The lowest BCUT2D eigenvalue weighted by atomic mass is 10.3. The molecule has 8 heteroatoms. The van der Waals surface area contributed by atoms with Crippen LogP contribution in [0.3, 0.4) is 0 Å². The SMILES string of the molecule is COC(=O)c1nc(C2CC2)nc(NCCN2CCOCC2)c1Cl. The van der Waals surface area contributed by atoms with Crippen molar-refractivity contribution in [3.63, 3.8) is 0 Å². The molecule has 0 atom stereocenters. The Labute approximate surface area is 140 Å². The molecular formula is C15H21ClN4O3. The van der Waals surface area contributed by atoms with Crippen LogP contribution >= 0.6 is 11.6 Å². The number of aromatic nitrogens is 2. The van der Waals surface area contributed by atoms with Gasteiger partial charge in [-0.15, -0.1) is 0 Å². The molecule has 2 fully saturated rings. The molecule has 0 unspecified atom stereocenters. The van der Waals surface area contributed by atoms with Crippen molar-refractivity contribution in [1.29, 1.82) is 0 Å². The highest BCUT2D eigenvalue weighted by atomic mass is 35.5. The first-order valence-electron chi connectivity index (χ1n) is 7.88. The second-order valence-corrected chi connectivity index (χ2v) is 6.12. The van der Waals surface area contributed by atoms with Gasteiger partial charge in [-0.3, -0.25) is 4.90 Å². The molecule has 0 radical (unpaired) electrons. The summed E-state index contributed by atoms with van der Waals surface area (Å²) >= 11 is 6.28. The average molecular weight is 341 g/mol. The number of nitrogens with zero attached hydrogens (tertiary/aromatic N) is 3. The largest absolute Gasteiger partial charge is 0.464 e. The molecule has 0 spiro atoms. The van der Waals surface area contributed by atoms with Crippen molar-refractivity contribution in [3.05, 3.63) is 16.5 Å². The molecule has 1 saturated carbocycles. The lowest BCUT2D eigenvalue weighted by molar-refractivity contribution is 0.0398. The summed E-state index contributed by atoms with van der Waals surface area (Å²) in [5, 5.41) is 3.45. The fourth-order valence-corrected chi connectivity index (χ4v) is 2.72. The first kappa shape index (κ1) is 16.4. The third kappa shape index (κ3) is 4.10. The van der Waals surface area contributed by atoms with Crippen molar-refractivity contribution in [3.8, 4) is 0 Å². The summed E-state index contributed by atoms with van der Waals surface area (Å²) in [6.07, 6.45) is 2.10. The van der Waals surface area contributed by atoms with Crippen molar-refractivity contribution in [2.75, 3.05) is 51.8 Å². The molecule has 1 N–H and O–H groups in total. The van der Waals surface area contributed by atoms with E-state index in [1.807, 2.05) is 0 Å². The number of carbonyl (C=O) groups excluding carboxylic acids is 1. The van der Waals surface area contributed by atoms with E-state index in [1.54, 1.807) is 0 Å². The molecule has 3 rings (SSSR count). The summed E-state index contributed by atoms with van der Waals surface area (Å²) in [5.41, 5.74) is 0.139. The minimum Gasteiger partial charge on any atom is -0.464 e. The Morgan fingerprint density at radius 3 is 2.78 bits per heavy atom. The second-order valence-electron chi connectivity index (χ2n) is 5.74. The molecule has 7 nitrogen and oxygen atoms in total. The quantitative estimate of drug-likeness (QED) is 0.787. The Morgan fingerprint density at radius 1 is 1.39 bits per heavy atom. The Hall–Kier alpha value is -1.44. The molecule has 2 aliphatic rings. The Balaban J connectivity index is 1.69. The predicted molar refractivity (Wildman–Crippen MR) is 86.1 cm³/mol. The van der Waals surface area contributed by atoms with Gasteiger partial charge < -0.3 is 14.8 Å². The number of hydrogen-bond acceptors (Lipinski definition) is 7. The van der Waals surface area contributed by atoms with Gasteiger partial charge in [-0.1, -0.05) is 11.6 Å². The van der Waals surface area contributed by atoms with Gasteiger partial charge in [0.05, 0.1) is 20.3 Å². The fraction of sp³-hybridized carbons (Fsp3) is 0.667. The van der Waals surface area contributed by atoms with Gasteiger partial charge in [-0.2, -0.15) is 0 Å². The standard InChI is InChI=1S/C15H21ClN4O3/c1-22-15(21)12-11(16)14(19-13(18-12)10-2-3-10)17-4-5-20-6-8-23-9-7-20/h10H,2-9H2,1H3,(H,17,18,19). The van der Waals surface area contributed by atoms with Gasteiger partial charge in [0.15, 0.2) is 5.69 Å². The maximum Gasteiger partial charge on any atom is 0.358 e. The molecule has 1 aliphatic heterocycles. The zero-order chi connectivity index (χ0) is 16.2. The van der Waals surface area contributed by atoms with Crippen LogP contribution in [0.4, 0.5) is 5.82 Å². The van der Waals surface area contributed by atoms with E-state index in [0.29, 0.717) is 24.1 Å². The smallest absolute Gasteiger partial charge is 0.358 e. The van der Waals surface area contributed by atoms with Crippen molar-refractivity contribution in [2.24, 2.45) is 0 Å². The van der Waals surface area contributed by atoms with Gasteiger partial charge in [0.25, 0.3) is 0 Å². The highest BCUT2D eigenvalue weighted by Crippen LogP contribution is 2.39. The first-order valence-corrected chi connectivity index (χ1v) is 8.26. The summed E-state index contributed by atoms with van der Waals surface area (Å²) in [5.74, 6) is 0.979. The molecule has 1 aliphatic carbocycles. The highest BCUT2D eigenvalue weighted by molar-refractivity contribution is 6.35. The number of morpholine rings is 1. The van der Waals surface area contributed by atoms with E-state index in [9.17, 15) is 4.79 Å². The predicted octanol–water partition coefficient (Wildman–Crippen LogP) is 1.54. The summed E-state index contributed by atoms with van der Waals surface area (Å²) in [6.45, 7) is 4.97. The monoisotopic (exact) mass is 340 g/mol. The minimum absolute atomic E-state index is 0.139. The summed E-state index contributed by atoms with van der Waals surface area (Å²) in [7, 11) is 1.32. The molecule has 126 valence electrons. The van der Waals surface area contributed by atoms with Crippen LogP contribution in [0, 0.1) is 0 Å². The average Bonchev–Trinajstić information content (AvgIpc) is 3.41. The van der Waals surface area contributed by atoms with Crippen molar-refractivity contribution >= 4 is 23.4 Å². The van der Waals surface area contributed by atoms with E-state index in [4.69, 9.17) is 21.1 Å². The third-order valence-corrected chi connectivity index (χ3v) is 4.37. The maximum absolute atomic E-state index is 11.9. The zero-order valence-electron chi connectivity index (χ0n) is 13.2. The van der Waals surface area contributed by atoms with E-state index in [2.05, 4.69) is 20.2 Å².